The highest BCUT2D eigenvalue weighted by Gasteiger charge is 2.27. The molecule has 1 N–H and O–H groups in total. The highest BCUT2D eigenvalue weighted by atomic mass is 35.5. The van der Waals surface area contributed by atoms with Crippen molar-refractivity contribution in [3.63, 3.8) is 0 Å². The fourth-order valence-electron chi connectivity index (χ4n) is 2.30. The zero-order valence-corrected chi connectivity index (χ0v) is 13.2. The van der Waals surface area contributed by atoms with E-state index in [1.807, 2.05) is 18.7 Å². The average Bonchev–Trinajstić information content (AvgIpc) is 2.45. The zero-order chi connectivity index (χ0) is 15.4. The smallest absolute Gasteiger partial charge is 0.322 e. The molecule has 1 atom stereocenters. The number of hydrogen-bond donors (Lipinski definition) is 1. The van der Waals surface area contributed by atoms with Crippen LogP contribution in [-0.2, 0) is 4.79 Å². The van der Waals surface area contributed by atoms with E-state index in [1.165, 1.54) is 0 Å². The molecule has 2 heterocycles. The number of amides is 1. The van der Waals surface area contributed by atoms with E-state index < -0.39 is 0 Å². The van der Waals surface area contributed by atoms with Gasteiger partial charge in [0, 0.05) is 20.1 Å². The summed E-state index contributed by atoms with van der Waals surface area (Å²) in [4.78, 5) is 26.1. The Morgan fingerprint density at radius 2 is 2.19 bits per heavy atom. The Morgan fingerprint density at radius 1 is 1.43 bits per heavy atom. The Morgan fingerprint density at radius 3 is 2.86 bits per heavy atom. The first kappa shape index (κ1) is 15.8. The third-order valence-corrected chi connectivity index (χ3v) is 3.41. The Hall–Kier alpha value is -1.63. The fourth-order valence-corrected chi connectivity index (χ4v) is 2.45. The lowest BCUT2D eigenvalue weighted by Crippen LogP contribution is -2.43. The van der Waals surface area contributed by atoms with Gasteiger partial charge in [-0.3, -0.25) is 4.79 Å². The van der Waals surface area contributed by atoms with Gasteiger partial charge in [0.1, 0.15) is 0 Å². The molecule has 1 aliphatic heterocycles. The molecule has 21 heavy (non-hydrogen) atoms. The van der Waals surface area contributed by atoms with Gasteiger partial charge in [-0.15, -0.1) is 0 Å². The number of rotatable bonds is 4. The van der Waals surface area contributed by atoms with Crippen molar-refractivity contribution in [1.29, 1.82) is 0 Å². The minimum Gasteiger partial charge on any atom is -0.461 e. The summed E-state index contributed by atoms with van der Waals surface area (Å²) in [5, 5.41) is 2.78. The number of anilines is 1. The molecular weight excluding hydrogens is 294 g/mol. The SMILES string of the molecule is CNC(=O)C1CCCN(c2nc(Cl)nc(OC(C)C)n2)C1. The van der Waals surface area contributed by atoms with Crippen LogP contribution in [0, 0.1) is 5.92 Å². The summed E-state index contributed by atoms with van der Waals surface area (Å²) in [6.45, 7) is 5.13. The van der Waals surface area contributed by atoms with Crippen molar-refractivity contribution >= 4 is 23.5 Å². The molecule has 1 saturated heterocycles. The minimum atomic E-state index is -0.0613. The summed E-state index contributed by atoms with van der Waals surface area (Å²) in [7, 11) is 1.65. The second-order valence-corrected chi connectivity index (χ2v) is 5.59. The van der Waals surface area contributed by atoms with Gasteiger partial charge in [0.2, 0.25) is 17.1 Å². The van der Waals surface area contributed by atoms with Crippen molar-refractivity contribution in [2.75, 3.05) is 25.0 Å². The van der Waals surface area contributed by atoms with Gasteiger partial charge in [0.15, 0.2) is 0 Å². The number of piperidine rings is 1. The number of hydrogen-bond acceptors (Lipinski definition) is 6. The van der Waals surface area contributed by atoms with Gasteiger partial charge in [0.25, 0.3) is 0 Å². The molecule has 0 radical (unpaired) electrons. The van der Waals surface area contributed by atoms with Gasteiger partial charge >= 0.3 is 6.01 Å². The Labute approximate surface area is 129 Å². The molecule has 1 amide bonds. The van der Waals surface area contributed by atoms with Crippen LogP contribution in [-0.4, -0.2) is 47.1 Å². The molecule has 1 unspecified atom stereocenters. The number of carbonyl (C=O) groups is 1. The van der Waals surface area contributed by atoms with E-state index in [4.69, 9.17) is 16.3 Å². The number of nitrogens with one attached hydrogen (secondary N) is 1. The molecule has 0 spiro atoms. The summed E-state index contributed by atoms with van der Waals surface area (Å²) in [6.07, 6.45) is 1.72. The van der Waals surface area contributed by atoms with Gasteiger partial charge < -0.3 is 15.0 Å². The van der Waals surface area contributed by atoms with Crippen LogP contribution in [0.25, 0.3) is 0 Å². The Bertz CT molecular complexity index is 511. The van der Waals surface area contributed by atoms with Crippen molar-refractivity contribution < 1.29 is 9.53 Å². The van der Waals surface area contributed by atoms with E-state index in [2.05, 4.69) is 20.3 Å². The van der Waals surface area contributed by atoms with Crippen molar-refractivity contribution in [2.45, 2.75) is 32.8 Å². The molecule has 1 aromatic rings. The predicted molar refractivity (Wildman–Crippen MR) is 79.6 cm³/mol. The summed E-state index contributed by atoms with van der Waals surface area (Å²) in [5.41, 5.74) is 0. The maximum atomic E-state index is 11.8. The molecule has 1 aliphatic rings. The second kappa shape index (κ2) is 6.89. The molecule has 1 fully saturated rings. The van der Waals surface area contributed by atoms with Crippen LogP contribution in [0.1, 0.15) is 26.7 Å². The quantitative estimate of drug-likeness (QED) is 0.902. The largest absolute Gasteiger partial charge is 0.461 e. The number of nitrogens with zero attached hydrogens (tertiary/aromatic N) is 4. The molecule has 2 rings (SSSR count). The third-order valence-electron chi connectivity index (χ3n) is 3.24. The number of aromatic nitrogens is 3. The summed E-state index contributed by atoms with van der Waals surface area (Å²) < 4.78 is 5.47. The van der Waals surface area contributed by atoms with Crippen LogP contribution in [0.15, 0.2) is 0 Å². The molecule has 0 aromatic carbocycles. The fraction of sp³-hybridized carbons (Fsp3) is 0.692. The van der Waals surface area contributed by atoms with E-state index in [1.54, 1.807) is 7.05 Å². The Kier molecular flexibility index (Phi) is 5.17. The molecule has 0 bridgehead atoms. The summed E-state index contributed by atoms with van der Waals surface area (Å²) >= 11 is 5.93. The molecule has 116 valence electrons. The van der Waals surface area contributed by atoms with Gasteiger partial charge in [-0.25, -0.2) is 0 Å². The molecular formula is C13H20ClN5O2. The van der Waals surface area contributed by atoms with E-state index in [9.17, 15) is 4.79 Å². The van der Waals surface area contributed by atoms with E-state index in [-0.39, 0.29) is 29.2 Å². The summed E-state index contributed by atoms with van der Waals surface area (Å²) in [6, 6.07) is 0.210. The predicted octanol–water partition coefficient (Wildman–Crippen LogP) is 1.27. The minimum absolute atomic E-state index is 0.0403. The first-order chi connectivity index (χ1) is 9.99. The number of halogens is 1. The zero-order valence-electron chi connectivity index (χ0n) is 12.5. The standard InChI is InChI=1S/C13H20ClN5O2/c1-8(2)21-13-17-11(14)16-12(18-13)19-6-4-5-9(7-19)10(20)15-3/h8-9H,4-7H2,1-3H3,(H,15,20). The first-order valence-electron chi connectivity index (χ1n) is 7.04. The maximum absolute atomic E-state index is 11.8. The van der Waals surface area contributed by atoms with Crippen molar-refractivity contribution in [2.24, 2.45) is 5.92 Å². The van der Waals surface area contributed by atoms with Crippen LogP contribution in [0.2, 0.25) is 5.28 Å². The van der Waals surface area contributed by atoms with Crippen LogP contribution >= 0.6 is 11.6 Å². The molecule has 0 saturated carbocycles. The lowest BCUT2D eigenvalue weighted by Gasteiger charge is -2.31. The molecule has 0 aliphatic carbocycles. The van der Waals surface area contributed by atoms with Crippen molar-refractivity contribution in [3.05, 3.63) is 5.28 Å². The maximum Gasteiger partial charge on any atom is 0.322 e. The van der Waals surface area contributed by atoms with Crippen molar-refractivity contribution in [1.82, 2.24) is 20.3 Å². The number of carbonyl (C=O) groups excluding carboxylic acids is 1. The second-order valence-electron chi connectivity index (χ2n) is 5.25. The molecule has 7 nitrogen and oxygen atoms in total. The molecule has 8 heteroatoms. The van der Waals surface area contributed by atoms with Crippen molar-refractivity contribution in [3.8, 4) is 6.01 Å². The normalized spacial score (nSPS) is 18.7. The van der Waals surface area contributed by atoms with Gasteiger partial charge in [-0.2, -0.15) is 15.0 Å². The highest BCUT2D eigenvalue weighted by Crippen LogP contribution is 2.23. The van der Waals surface area contributed by atoms with Crippen LogP contribution in [0.4, 0.5) is 5.95 Å². The van der Waals surface area contributed by atoms with Crippen LogP contribution in [0.5, 0.6) is 6.01 Å². The van der Waals surface area contributed by atoms with E-state index in [0.717, 1.165) is 19.4 Å². The van der Waals surface area contributed by atoms with Crippen LogP contribution in [0.3, 0.4) is 0 Å². The van der Waals surface area contributed by atoms with Crippen LogP contribution < -0.4 is 15.0 Å². The third kappa shape index (κ3) is 4.17. The highest BCUT2D eigenvalue weighted by molar-refractivity contribution is 6.28. The lowest BCUT2D eigenvalue weighted by molar-refractivity contribution is -0.124. The van der Waals surface area contributed by atoms with Gasteiger partial charge in [0.05, 0.1) is 12.0 Å². The monoisotopic (exact) mass is 313 g/mol. The van der Waals surface area contributed by atoms with E-state index >= 15 is 0 Å². The topological polar surface area (TPSA) is 80.2 Å². The summed E-state index contributed by atoms with van der Waals surface area (Å²) in [5.74, 6) is 0.437. The van der Waals surface area contributed by atoms with E-state index in [0.29, 0.717) is 12.5 Å². The lowest BCUT2D eigenvalue weighted by atomic mass is 9.97. The van der Waals surface area contributed by atoms with Gasteiger partial charge in [-0.1, -0.05) is 0 Å². The first-order valence-corrected chi connectivity index (χ1v) is 7.42. The average molecular weight is 314 g/mol. The number of ether oxygens (including phenoxy) is 1. The Balaban J connectivity index is 2.16. The molecule has 1 aromatic heterocycles. The van der Waals surface area contributed by atoms with Gasteiger partial charge in [-0.05, 0) is 38.3 Å².